The summed E-state index contributed by atoms with van der Waals surface area (Å²) in [4.78, 5) is 26.4. The zero-order valence-electron chi connectivity index (χ0n) is 15.7. The van der Waals surface area contributed by atoms with Gasteiger partial charge >= 0.3 is 12.0 Å². The van der Waals surface area contributed by atoms with E-state index in [4.69, 9.17) is 9.47 Å². The molecule has 1 aromatic rings. The SMILES string of the molecule is CCSCCOC(=O)C1=C(C)N(C)C(=O)NC1c1cc(Br)c(O)c(OC)c1. The minimum absolute atomic E-state index is 0.0538. The molecule has 9 heteroatoms. The first-order valence-electron chi connectivity index (χ1n) is 8.38. The van der Waals surface area contributed by atoms with Crippen molar-refractivity contribution in [2.75, 3.05) is 32.3 Å². The molecule has 1 aromatic carbocycles. The number of hydrogen-bond acceptors (Lipinski definition) is 6. The zero-order valence-corrected chi connectivity index (χ0v) is 18.1. The van der Waals surface area contributed by atoms with Crippen LogP contribution in [0, 0.1) is 0 Å². The summed E-state index contributed by atoms with van der Waals surface area (Å²) in [5, 5.41) is 12.8. The van der Waals surface area contributed by atoms with Gasteiger partial charge in [0.25, 0.3) is 0 Å². The van der Waals surface area contributed by atoms with Gasteiger partial charge in [0, 0.05) is 18.5 Å². The van der Waals surface area contributed by atoms with E-state index in [1.54, 1.807) is 37.9 Å². The first-order chi connectivity index (χ1) is 12.8. The number of allylic oxidation sites excluding steroid dienone is 1. The molecule has 1 atom stereocenters. The van der Waals surface area contributed by atoms with E-state index in [0.29, 0.717) is 33.7 Å². The molecule has 0 bridgehead atoms. The second kappa shape index (κ2) is 9.36. The maximum atomic E-state index is 12.8. The molecule has 0 saturated carbocycles. The quantitative estimate of drug-likeness (QED) is 0.480. The van der Waals surface area contributed by atoms with Gasteiger partial charge in [0.1, 0.15) is 6.61 Å². The van der Waals surface area contributed by atoms with Crippen LogP contribution in [0.4, 0.5) is 4.79 Å². The van der Waals surface area contributed by atoms with Gasteiger partial charge in [-0.15, -0.1) is 0 Å². The van der Waals surface area contributed by atoms with Crippen molar-refractivity contribution in [3.05, 3.63) is 33.4 Å². The molecule has 2 amide bonds. The number of aromatic hydroxyl groups is 1. The molecule has 2 N–H and O–H groups in total. The van der Waals surface area contributed by atoms with Gasteiger partial charge < -0.3 is 24.8 Å². The molecular formula is C18H23BrN2O5S. The number of thioether (sulfide) groups is 1. The lowest BCUT2D eigenvalue weighted by atomic mass is 9.94. The number of carbonyl (C=O) groups is 2. The van der Waals surface area contributed by atoms with Crippen LogP contribution in [0.5, 0.6) is 11.5 Å². The van der Waals surface area contributed by atoms with Crippen LogP contribution in [0.3, 0.4) is 0 Å². The third-order valence-corrected chi connectivity index (χ3v) is 5.71. The third kappa shape index (κ3) is 4.70. The number of halogens is 1. The average Bonchev–Trinajstić information content (AvgIpc) is 2.64. The highest BCUT2D eigenvalue weighted by atomic mass is 79.9. The van der Waals surface area contributed by atoms with E-state index < -0.39 is 12.0 Å². The van der Waals surface area contributed by atoms with Crippen LogP contribution in [0.2, 0.25) is 0 Å². The number of rotatable bonds is 7. The summed E-state index contributed by atoms with van der Waals surface area (Å²) < 4.78 is 11.0. The summed E-state index contributed by atoms with van der Waals surface area (Å²) in [6, 6.07) is 2.18. The Morgan fingerprint density at radius 3 is 2.78 bits per heavy atom. The van der Waals surface area contributed by atoms with Gasteiger partial charge in [-0.2, -0.15) is 11.8 Å². The predicted molar refractivity (Wildman–Crippen MR) is 108 cm³/mol. The van der Waals surface area contributed by atoms with Crippen molar-refractivity contribution >= 4 is 39.7 Å². The monoisotopic (exact) mass is 458 g/mol. The van der Waals surface area contributed by atoms with E-state index in [0.717, 1.165) is 5.75 Å². The molecular weight excluding hydrogens is 436 g/mol. The summed E-state index contributed by atoms with van der Waals surface area (Å²) in [6.45, 7) is 4.04. The highest BCUT2D eigenvalue weighted by Gasteiger charge is 2.35. The number of hydrogen-bond donors (Lipinski definition) is 2. The lowest BCUT2D eigenvalue weighted by Crippen LogP contribution is -2.46. The number of benzene rings is 1. The second-order valence-electron chi connectivity index (χ2n) is 5.83. The molecule has 1 heterocycles. The van der Waals surface area contributed by atoms with Crippen LogP contribution in [-0.2, 0) is 9.53 Å². The number of nitrogens with zero attached hydrogens (tertiary/aromatic N) is 1. The Balaban J connectivity index is 2.42. The molecule has 0 radical (unpaired) electrons. The van der Waals surface area contributed by atoms with Gasteiger partial charge in [-0.1, -0.05) is 6.92 Å². The van der Waals surface area contributed by atoms with E-state index in [2.05, 4.69) is 21.2 Å². The Morgan fingerprint density at radius 1 is 1.44 bits per heavy atom. The number of esters is 1. The lowest BCUT2D eigenvalue weighted by Gasteiger charge is -2.33. The molecule has 0 spiro atoms. The molecule has 0 aromatic heterocycles. The summed E-state index contributed by atoms with van der Waals surface area (Å²) in [5.41, 5.74) is 1.45. The van der Waals surface area contributed by atoms with Crippen molar-refractivity contribution in [3.63, 3.8) is 0 Å². The zero-order chi connectivity index (χ0) is 20.1. The Hall–Kier alpha value is -1.87. The van der Waals surface area contributed by atoms with Crippen molar-refractivity contribution in [2.45, 2.75) is 19.9 Å². The molecule has 1 aliphatic rings. The molecule has 0 fully saturated rings. The summed E-state index contributed by atoms with van der Waals surface area (Å²) >= 11 is 4.95. The lowest BCUT2D eigenvalue weighted by molar-refractivity contribution is -0.139. The molecule has 27 heavy (non-hydrogen) atoms. The Morgan fingerprint density at radius 2 is 2.15 bits per heavy atom. The van der Waals surface area contributed by atoms with Crippen molar-refractivity contribution in [1.82, 2.24) is 10.2 Å². The van der Waals surface area contributed by atoms with Crippen LogP contribution in [0.15, 0.2) is 27.9 Å². The van der Waals surface area contributed by atoms with Crippen LogP contribution in [0.25, 0.3) is 0 Å². The van der Waals surface area contributed by atoms with Crippen molar-refractivity contribution in [1.29, 1.82) is 0 Å². The summed E-state index contributed by atoms with van der Waals surface area (Å²) in [6.07, 6.45) is 0. The number of methoxy groups -OCH3 is 1. The maximum Gasteiger partial charge on any atom is 0.338 e. The largest absolute Gasteiger partial charge is 0.503 e. The fraction of sp³-hybridized carbons (Fsp3) is 0.444. The van der Waals surface area contributed by atoms with Crippen molar-refractivity contribution in [2.24, 2.45) is 0 Å². The van der Waals surface area contributed by atoms with E-state index in [1.165, 1.54) is 12.0 Å². The molecule has 7 nitrogen and oxygen atoms in total. The Kier molecular flexibility index (Phi) is 7.43. The molecule has 1 unspecified atom stereocenters. The summed E-state index contributed by atoms with van der Waals surface area (Å²) in [5.74, 6) is 1.35. The van der Waals surface area contributed by atoms with Crippen LogP contribution < -0.4 is 10.1 Å². The number of carbonyl (C=O) groups excluding carboxylic acids is 2. The van der Waals surface area contributed by atoms with Gasteiger partial charge in [0.15, 0.2) is 11.5 Å². The van der Waals surface area contributed by atoms with Crippen LogP contribution in [-0.4, -0.2) is 54.3 Å². The highest BCUT2D eigenvalue weighted by molar-refractivity contribution is 9.10. The molecule has 148 valence electrons. The van der Waals surface area contributed by atoms with Gasteiger partial charge in [-0.25, -0.2) is 9.59 Å². The number of amides is 2. The molecule has 0 aliphatic carbocycles. The van der Waals surface area contributed by atoms with Gasteiger partial charge in [-0.3, -0.25) is 0 Å². The number of phenolic OH excluding ortho intramolecular Hbond substituents is 1. The fourth-order valence-corrected chi connectivity index (χ4v) is 3.63. The number of ether oxygens (including phenoxy) is 2. The predicted octanol–water partition coefficient (Wildman–Crippen LogP) is 3.43. The Bertz CT molecular complexity index is 768. The van der Waals surface area contributed by atoms with Gasteiger partial charge in [0.05, 0.1) is 23.2 Å². The first-order valence-corrected chi connectivity index (χ1v) is 10.3. The third-order valence-electron chi connectivity index (χ3n) is 4.24. The van der Waals surface area contributed by atoms with E-state index in [-0.39, 0.29) is 17.5 Å². The van der Waals surface area contributed by atoms with Crippen LogP contribution in [0.1, 0.15) is 25.5 Å². The average molecular weight is 459 g/mol. The first kappa shape index (κ1) is 21.4. The van der Waals surface area contributed by atoms with Gasteiger partial charge in [-0.05, 0) is 46.3 Å². The summed E-state index contributed by atoms with van der Waals surface area (Å²) in [7, 11) is 3.02. The van der Waals surface area contributed by atoms with Crippen LogP contribution >= 0.6 is 27.7 Å². The fourth-order valence-electron chi connectivity index (χ4n) is 2.68. The van der Waals surface area contributed by atoms with E-state index in [1.807, 2.05) is 6.92 Å². The Labute approximate surface area is 171 Å². The molecule has 1 aliphatic heterocycles. The number of urea groups is 1. The van der Waals surface area contributed by atoms with Crippen molar-refractivity contribution < 1.29 is 24.2 Å². The van der Waals surface area contributed by atoms with E-state index >= 15 is 0 Å². The smallest absolute Gasteiger partial charge is 0.338 e. The maximum absolute atomic E-state index is 12.8. The minimum Gasteiger partial charge on any atom is -0.503 e. The van der Waals surface area contributed by atoms with E-state index in [9.17, 15) is 14.7 Å². The minimum atomic E-state index is -0.717. The number of nitrogens with one attached hydrogen (secondary N) is 1. The van der Waals surface area contributed by atoms with Crippen molar-refractivity contribution in [3.8, 4) is 11.5 Å². The molecule has 0 saturated heterocycles. The highest BCUT2D eigenvalue weighted by Crippen LogP contribution is 2.40. The normalized spacial score (nSPS) is 17.0. The molecule has 2 rings (SSSR count). The second-order valence-corrected chi connectivity index (χ2v) is 8.08. The standard InChI is InChI=1S/C18H23BrN2O5S/c1-5-27-7-6-26-17(23)14-10(2)21(3)18(24)20-15(14)11-8-12(19)16(22)13(9-11)25-4/h8-9,15,22H,5-7H2,1-4H3,(H,20,24). The topological polar surface area (TPSA) is 88.1 Å². The number of phenols is 1. The van der Waals surface area contributed by atoms with Gasteiger partial charge in [0.2, 0.25) is 0 Å².